The van der Waals surface area contributed by atoms with Crippen LogP contribution in [0.4, 0.5) is 5.82 Å². The topological polar surface area (TPSA) is 56.3 Å². The Morgan fingerprint density at radius 1 is 1.10 bits per heavy atom. The van der Waals surface area contributed by atoms with Crippen LogP contribution in [0, 0.1) is 0 Å². The Morgan fingerprint density at radius 2 is 1.90 bits per heavy atom. The van der Waals surface area contributed by atoms with Crippen molar-refractivity contribution in [3.8, 4) is 17.1 Å². The number of halogens is 2. The van der Waals surface area contributed by atoms with Crippen LogP contribution in [0.25, 0.3) is 11.3 Å². The molecule has 1 N–H and O–H groups in total. The first-order valence-corrected chi connectivity index (χ1v) is 11.2. The van der Waals surface area contributed by atoms with Gasteiger partial charge in [0.2, 0.25) is 5.88 Å². The van der Waals surface area contributed by atoms with Crippen molar-refractivity contribution < 1.29 is 9.47 Å². The van der Waals surface area contributed by atoms with Gasteiger partial charge in [-0.05, 0) is 42.7 Å². The Labute approximate surface area is 192 Å². The molecule has 0 saturated heterocycles. The zero-order valence-corrected chi connectivity index (χ0v) is 19.3. The third kappa shape index (κ3) is 4.36. The fraction of sp³-hybridized carbons (Fsp3) is 0.333. The van der Waals surface area contributed by atoms with Crippen molar-refractivity contribution in [2.45, 2.75) is 38.8 Å². The minimum absolute atomic E-state index is 0.00886. The first kappa shape index (κ1) is 21.9. The molecule has 0 radical (unpaired) electrons. The van der Waals surface area contributed by atoms with E-state index >= 15 is 0 Å². The summed E-state index contributed by atoms with van der Waals surface area (Å²) in [4.78, 5) is 9.66. The summed E-state index contributed by atoms with van der Waals surface area (Å²) in [5.41, 5.74) is 4.69. The molecule has 0 unspecified atom stereocenters. The zero-order chi connectivity index (χ0) is 22.0. The summed E-state index contributed by atoms with van der Waals surface area (Å²) in [7, 11) is 1.58. The van der Waals surface area contributed by atoms with Crippen molar-refractivity contribution in [1.82, 2.24) is 9.97 Å². The smallest absolute Gasteiger partial charge is 0.242 e. The molecule has 0 amide bonds. The molecular formula is C24H25Cl2N3O2. The normalized spacial score (nSPS) is 17.5. The molecule has 2 aromatic carbocycles. The molecule has 3 aromatic rings. The molecule has 5 nitrogen and oxygen atoms in total. The highest BCUT2D eigenvalue weighted by atomic mass is 35.5. The molecule has 0 saturated carbocycles. The summed E-state index contributed by atoms with van der Waals surface area (Å²) >= 11 is 12.5. The van der Waals surface area contributed by atoms with Crippen LogP contribution in [0.3, 0.4) is 0 Å². The monoisotopic (exact) mass is 457 g/mol. The van der Waals surface area contributed by atoms with Gasteiger partial charge >= 0.3 is 0 Å². The number of hydrogen-bond acceptors (Lipinski definition) is 5. The maximum atomic E-state index is 6.44. The number of methoxy groups -OCH3 is 1. The molecule has 1 heterocycles. The van der Waals surface area contributed by atoms with Crippen molar-refractivity contribution in [1.29, 1.82) is 0 Å². The molecule has 0 fully saturated rings. The third-order valence-electron chi connectivity index (χ3n) is 5.51. The van der Waals surface area contributed by atoms with Gasteiger partial charge in [-0.25, -0.2) is 4.98 Å². The second kappa shape index (κ2) is 9.43. The summed E-state index contributed by atoms with van der Waals surface area (Å²) in [5, 5.41) is 4.67. The number of hydrogen-bond donors (Lipinski definition) is 1. The molecule has 1 aliphatic rings. The summed E-state index contributed by atoms with van der Waals surface area (Å²) in [6.07, 6.45) is 1.60. The first-order chi connectivity index (χ1) is 15.0. The van der Waals surface area contributed by atoms with Crippen LogP contribution < -0.4 is 10.1 Å². The van der Waals surface area contributed by atoms with Gasteiger partial charge in [-0.15, -0.1) is 0 Å². The van der Waals surface area contributed by atoms with Gasteiger partial charge in [0, 0.05) is 23.6 Å². The summed E-state index contributed by atoms with van der Waals surface area (Å²) in [5.74, 6) is 1.10. The predicted octanol–water partition coefficient (Wildman–Crippen LogP) is 6.14. The summed E-state index contributed by atoms with van der Waals surface area (Å²) in [6.45, 7) is 4.73. The lowest BCUT2D eigenvalue weighted by molar-refractivity contribution is 0.0573. The highest BCUT2D eigenvalue weighted by Crippen LogP contribution is 2.39. The predicted molar refractivity (Wildman–Crippen MR) is 125 cm³/mol. The van der Waals surface area contributed by atoms with E-state index in [1.807, 2.05) is 13.0 Å². The number of rotatable bonds is 7. The van der Waals surface area contributed by atoms with Gasteiger partial charge in [0.25, 0.3) is 0 Å². The Hall–Kier alpha value is -2.34. The lowest BCUT2D eigenvalue weighted by Gasteiger charge is -2.24. The van der Waals surface area contributed by atoms with Crippen LogP contribution in [0.2, 0.25) is 10.0 Å². The number of benzene rings is 2. The van der Waals surface area contributed by atoms with E-state index < -0.39 is 0 Å². The van der Waals surface area contributed by atoms with E-state index in [1.165, 1.54) is 11.1 Å². The Balaban J connectivity index is 1.75. The van der Waals surface area contributed by atoms with E-state index in [1.54, 1.807) is 19.2 Å². The molecule has 162 valence electrons. The van der Waals surface area contributed by atoms with Crippen LogP contribution in [-0.2, 0) is 17.6 Å². The second-order valence-corrected chi connectivity index (χ2v) is 8.22. The fourth-order valence-corrected chi connectivity index (χ4v) is 4.56. The number of nitrogens with zero attached hydrogens (tertiary/aromatic N) is 2. The van der Waals surface area contributed by atoms with Gasteiger partial charge in [0.05, 0.1) is 30.0 Å². The number of anilines is 1. The third-order valence-corrected chi connectivity index (χ3v) is 6.05. The molecule has 1 aromatic heterocycles. The van der Waals surface area contributed by atoms with E-state index in [-0.39, 0.29) is 12.1 Å². The quantitative estimate of drug-likeness (QED) is 0.461. The maximum absolute atomic E-state index is 6.44. The first-order valence-electron chi connectivity index (χ1n) is 10.4. The molecular weight excluding hydrogens is 433 g/mol. The largest absolute Gasteiger partial charge is 0.479 e. The van der Waals surface area contributed by atoms with E-state index in [4.69, 9.17) is 42.6 Å². The van der Waals surface area contributed by atoms with Gasteiger partial charge in [0.1, 0.15) is 5.69 Å². The van der Waals surface area contributed by atoms with Gasteiger partial charge in [-0.2, -0.15) is 4.98 Å². The highest BCUT2D eigenvalue weighted by Gasteiger charge is 2.34. The minimum atomic E-state index is -0.00886. The maximum Gasteiger partial charge on any atom is 0.242 e. The molecule has 31 heavy (non-hydrogen) atoms. The van der Waals surface area contributed by atoms with Crippen LogP contribution in [-0.4, -0.2) is 29.8 Å². The number of ether oxygens (including phenoxy) is 2. The lowest BCUT2D eigenvalue weighted by Crippen LogP contribution is -2.26. The molecule has 2 atom stereocenters. The average molecular weight is 458 g/mol. The standard InChI is InChI=1S/C24H25Cl2N3O2/c1-4-19-23(28-21-16-9-7-6-8-14(16)12-20(21)31-5-2)29-24(30-3)22(27-19)17-11-10-15(25)13-18(17)26/h6-11,13,20-21H,4-5,12H2,1-3H3,(H,28,29)/t20-,21+/m0/s1. The molecule has 0 aliphatic heterocycles. The van der Waals surface area contributed by atoms with Crippen molar-refractivity contribution in [3.63, 3.8) is 0 Å². The van der Waals surface area contributed by atoms with Crippen molar-refractivity contribution in [3.05, 3.63) is 69.3 Å². The van der Waals surface area contributed by atoms with Gasteiger partial charge in [-0.3, -0.25) is 0 Å². The molecule has 4 rings (SSSR count). The van der Waals surface area contributed by atoms with Crippen LogP contribution in [0.5, 0.6) is 5.88 Å². The van der Waals surface area contributed by atoms with Crippen LogP contribution in [0.1, 0.15) is 36.7 Å². The second-order valence-electron chi connectivity index (χ2n) is 7.37. The molecule has 0 bridgehead atoms. The number of aryl methyl sites for hydroxylation is 1. The Bertz CT molecular complexity index is 1090. The van der Waals surface area contributed by atoms with E-state index in [9.17, 15) is 0 Å². The fourth-order valence-electron chi connectivity index (χ4n) is 4.06. The van der Waals surface area contributed by atoms with E-state index in [0.29, 0.717) is 40.5 Å². The average Bonchev–Trinajstić information content (AvgIpc) is 3.11. The van der Waals surface area contributed by atoms with Crippen molar-refractivity contribution >= 4 is 29.0 Å². The van der Waals surface area contributed by atoms with Gasteiger partial charge < -0.3 is 14.8 Å². The number of nitrogens with one attached hydrogen (secondary N) is 1. The lowest BCUT2D eigenvalue weighted by atomic mass is 10.1. The molecule has 1 aliphatic carbocycles. The van der Waals surface area contributed by atoms with Gasteiger partial charge in [0.15, 0.2) is 5.82 Å². The number of aromatic nitrogens is 2. The summed E-state index contributed by atoms with van der Waals surface area (Å²) in [6, 6.07) is 13.7. The number of fused-ring (bicyclic) bond motifs is 1. The Morgan fingerprint density at radius 3 is 2.61 bits per heavy atom. The molecule has 7 heteroatoms. The van der Waals surface area contributed by atoms with Crippen LogP contribution >= 0.6 is 23.2 Å². The zero-order valence-electron chi connectivity index (χ0n) is 17.8. The molecule has 0 spiro atoms. The highest BCUT2D eigenvalue weighted by molar-refractivity contribution is 6.36. The van der Waals surface area contributed by atoms with E-state index in [2.05, 4.69) is 36.5 Å². The van der Waals surface area contributed by atoms with Crippen molar-refractivity contribution in [2.24, 2.45) is 0 Å². The summed E-state index contributed by atoms with van der Waals surface area (Å²) < 4.78 is 11.6. The van der Waals surface area contributed by atoms with Gasteiger partial charge in [-0.1, -0.05) is 54.4 Å². The van der Waals surface area contributed by atoms with Crippen LogP contribution in [0.15, 0.2) is 42.5 Å². The van der Waals surface area contributed by atoms with E-state index in [0.717, 1.165) is 17.7 Å². The van der Waals surface area contributed by atoms with Crippen molar-refractivity contribution in [2.75, 3.05) is 19.0 Å². The SMILES string of the molecule is CCO[C@H]1Cc2ccccc2[C@H]1Nc1nc(OC)c(-c2ccc(Cl)cc2Cl)nc1CC. The minimum Gasteiger partial charge on any atom is -0.479 e. The Kier molecular flexibility index (Phi) is 6.65.